The first-order valence-corrected chi connectivity index (χ1v) is 6.43. The highest BCUT2D eigenvalue weighted by molar-refractivity contribution is 7.99. The van der Waals surface area contributed by atoms with Crippen LogP contribution < -0.4 is 0 Å². The summed E-state index contributed by atoms with van der Waals surface area (Å²) in [6.45, 7) is 5.60. The molecule has 1 aromatic rings. The number of carbonyl (C=O) groups is 1. The number of allylic oxidation sites excluding steroid dienone is 1. The number of aromatic carboxylic acids is 1. The summed E-state index contributed by atoms with van der Waals surface area (Å²) in [5.41, 5.74) is 0.754. The summed E-state index contributed by atoms with van der Waals surface area (Å²) >= 11 is 1.42. The van der Waals surface area contributed by atoms with E-state index in [1.165, 1.54) is 11.8 Å². The van der Waals surface area contributed by atoms with Crippen LogP contribution in [0.1, 0.15) is 35.7 Å². The molecule has 1 heterocycles. The van der Waals surface area contributed by atoms with Crippen molar-refractivity contribution in [2.75, 3.05) is 5.75 Å². The van der Waals surface area contributed by atoms with Crippen LogP contribution in [0.5, 0.6) is 0 Å². The lowest BCUT2D eigenvalue weighted by Gasteiger charge is -2.08. The number of aromatic nitrogens is 2. The highest BCUT2D eigenvalue weighted by atomic mass is 32.2. The predicted octanol–water partition coefficient (Wildman–Crippen LogP) is 2.71. The number of carboxylic acids is 1. The Kier molecular flexibility index (Phi) is 5.15. The van der Waals surface area contributed by atoms with Gasteiger partial charge in [0.2, 0.25) is 0 Å². The van der Waals surface area contributed by atoms with Crippen LogP contribution in [-0.2, 0) is 6.42 Å². The zero-order chi connectivity index (χ0) is 12.8. The lowest BCUT2D eigenvalue weighted by Crippen LogP contribution is -2.09. The molecule has 1 N–H and O–H groups in total. The van der Waals surface area contributed by atoms with Crippen LogP contribution in [0.3, 0.4) is 0 Å². The lowest BCUT2D eigenvalue weighted by atomic mass is 10.2. The number of rotatable bonds is 5. The molecule has 92 valence electrons. The lowest BCUT2D eigenvalue weighted by molar-refractivity contribution is 0.0690. The van der Waals surface area contributed by atoms with E-state index in [1.54, 1.807) is 6.92 Å². The van der Waals surface area contributed by atoms with Crippen molar-refractivity contribution in [3.63, 3.8) is 0 Å². The Bertz CT molecular complexity index is 444. The van der Waals surface area contributed by atoms with Crippen LogP contribution in [0.15, 0.2) is 17.2 Å². The molecule has 0 aliphatic rings. The summed E-state index contributed by atoms with van der Waals surface area (Å²) in [5, 5.41) is 9.71. The molecule has 0 saturated carbocycles. The van der Waals surface area contributed by atoms with E-state index < -0.39 is 5.97 Å². The normalized spacial score (nSPS) is 11.0. The number of nitrogens with zero attached hydrogens (tertiary/aromatic N) is 2. The van der Waals surface area contributed by atoms with Crippen molar-refractivity contribution in [1.29, 1.82) is 0 Å². The molecule has 4 nitrogen and oxygen atoms in total. The molecule has 5 heteroatoms. The van der Waals surface area contributed by atoms with Gasteiger partial charge in [-0.3, -0.25) is 0 Å². The van der Waals surface area contributed by atoms with Gasteiger partial charge < -0.3 is 5.11 Å². The number of hydrogen-bond donors (Lipinski definition) is 1. The monoisotopic (exact) mass is 252 g/mol. The highest BCUT2D eigenvalue weighted by Gasteiger charge is 2.17. The Morgan fingerprint density at radius 2 is 2.18 bits per heavy atom. The largest absolute Gasteiger partial charge is 0.478 e. The van der Waals surface area contributed by atoms with Crippen molar-refractivity contribution in [2.45, 2.75) is 32.2 Å². The zero-order valence-electron chi connectivity index (χ0n) is 10.2. The maximum absolute atomic E-state index is 11.2. The van der Waals surface area contributed by atoms with Crippen LogP contribution in [0.2, 0.25) is 0 Å². The fourth-order valence-corrected chi connectivity index (χ4v) is 2.33. The molecule has 0 saturated heterocycles. The summed E-state index contributed by atoms with van der Waals surface area (Å²) in [6, 6.07) is 0. The zero-order valence-corrected chi connectivity index (χ0v) is 11.0. The summed E-state index contributed by atoms with van der Waals surface area (Å²) in [6.07, 6.45) is 4.61. The van der Waals surface area contributed by atoms with E-state index in [0.717, 1.165) is 5.75 Å². The maximum Gasteiger partial charge on any atom is 0.340 e. The average molecular weight is 252 g/mol. The fourth-order valence-electron chi connectivity index (χ4n) is 1.33. The van der Waals surface area contributed by atoms with Crippen molar-refractivity contribution >= 4 is 17.7 Å². The maximum atomic E-state index is 11.2. The molecule has 0 aromatic carbocycles. The van der Waals surface area contributed by atoms with Crippen molar-refractivity contribution < 1.29 is 9.90 Å². The molecule has 0 fully saturated rings. The van der Waals surface area contributed by atoms with Gasteiger partial charge in [0.1, 0.15) is 16.4 Å². The minimum atomic E-state index is -0.965. The van der Waals surface area contributed by atoms with Gasteiger partial charge in [-0.1, -0.05) is 19.1 Å². The molecule has 1 rings (SSSR count). The molecule has 0 aliphatic carbocycles. The Morgan fingerprint density at radius 3 is 2.71 bits per heavy atom. The third kappa shape index (κ3) is 3.56. The van der Waals surface area contributed by atoms with E-state index in [1.807, 2.05) is 26.0 Å². The molecule has 0 bridgehead atoms. The molecule has 1 aromatic heterocycles. The predicted molar refractivity (Wildman–Crippen MR) is 68.6 cm³/mol. The Balaban J connectivity index is 3.13. The van der Waals surface area contributed by atoms with E-state index in [2.05, 4.69) is 9.97 Å². The molecular formula is C12H16N2O2S. The summed E-state index contributed by atoms with van der Waals surface area (Å²) in [5.74, 6) is 0.444. The molecule has 0 radical (unpaired) electrons. The smallest absolute Gasteiger partial charge is 0.340 e. The first-order chi connectivity index (χ1) is 8.10. The molecule has 0 amide bonds. The van der Waals surface area contributed by atoms with E-state index in [9.17, 15) is 4.79 Å². The van der Waals surface area contributed by atoms with Crippen LogP contribution in [0.25, 0.3) is 0 Å². The summed E-state index contributed by atoms with van der Waals surface area (Å²) < 4.78 is 0. The van der Waals surface area contributed by atoms with Crippen LogP contribution in [-0.4, -0.2) is 26.8 Å². The fraction of sp³-hybridized carbons (Fsp3) is 0.417. The molecule has 0 spiro atoms. The van der Waals surface area contributed by atoms with Crippen LogP contribution in [0.4, 0.5) is 0 Å². The molecule has 0 aliphatic heterocycles. The summed E-state index contributed by atoms with van der Waals surface area (Å²) in [7, 11) is 0. The van der Waals surface area contributed by atoms with Gasteiger partial charge in [-0.2, -0.15) is 0 Å². The first kappa shape index (κ1) is 13.7. The number of aryl methyl sites for hydroxylation is 2. The molecule has 0 atom stereocenters. The topological polar surface area (TPSA) is 63.1 Å². The van der Waals surface area contributed by atoms with Gasteiger partial charge in [0.15, 0.2) is 0 Å². The van der Waals surface area contributed by atoms with Gasteiger partial charge in [-0.25, -0.2) is 14.8 Å². The second-order valence-corrected chi connectivity index (χ2v) is 4.45. The third-order valence-electron chi connectivity index (χ3n) is 2.19. The molecule has 0 unspecified atom stereocenters. The van der Waals surface area contributed by atoms with Gasteiger partial charge in [0.05, 0.1) is 5.69 Å². The van der Waals surface area contributed by atoms with Crippen LogP contribution in [0, 0.1) is 6.92 Å². The van der Waals surface area contributed by atoms with E-state index >= 15 is 0 Å². The van der Waals surface area contributed by atoms with Gasteiger partial charge >= 0.3 is 5.97 Å². The van der Waals surface area contributed by atoms with Crippen LogP contribution >= 0.6 is 11.8 Å². The second kappa shape index (κ2) is 6.39. The van der Waals surface area contributed by atoms with Gasteiger partial charge in [0.25, 0.3) is 0 Å². The minimum Gasteiger partial charge on any atom is -0.478 e. The first-order valence-electron chi connectivity index (χ1n) is 5.44. The van der Waals surface area contributed by atoms with E-state index in [0.29, 0.717) is 23.0 Å². The molecule has 17 heavy (non-hydrogen) atoms. The van der Waals surface area contributed by atoms with E-state index in [-0.39, 0.29) is 5.56 Å². The molecular weight excluding hydrogens is 236 g/mol. The van der Waals surface area contributed by atoms with Gasteiger partial charge in [-0.05, 0) is 13.8 Å². The van der Waals surface area contributed by atoms with Crippen molar-refractivity contribution in [3.8, 4) is 0 Å². The highest BCUT2D eigenvalue weighted by Crippen LogP contribution is 2.23. The van der Waals surface area contributed by atoms with Gasteiger partial charge in [0, 0.05) is 12.2 Å². The Hall–Kier alpha value is -1.36. The third-order valence-corrected chi connectivity index (χ3v) is 3.11. The van der Waals surface area contributed by atoms with Gasteiger partial charge in [-0.15, -0.1) is 11.8 Å². The van der Waals surface area contributed by atoms with Crippen molar-refractivity contribution in [2.24, 2.45) is 0 Å². The SMILES string of the molecule is C/C=C/CSc1nc(CC)nc(C)c1C(=O)O. The standard InChI is InChI=1S/C12H16N2O2S/c1-4-6-7-17-11-10(12(15)16)8(3)13-9(5-2)14-11/h4,6H,5,7H2,1-3H3,(H,15,16)/b6-4+. The van der Waals surface area contributed by atoms with Crippen molar-refractivity contribution in [3.05, 3.63) is 29.2 Å². The second-order valence-electron chi connectivity index (χ2n) is 3.44. The average Bonchev–Trinajstić information content (AvgIpc) is 2.28. The van der Waals surface area contributed by atoms with Crippen molar-refractivity contribution in [1.82, 2.24) is 9.97 Å². The minimum absolute atomic E-state index is 0.219. The Morgan fingerprint density at radius 1 is 1.47 bits per heavy atom. The Labute approximate surface area is 105 Å². The number of hydrogen-bond acceptors (Lipinski definition) is 4. The van der Waals surface area contributed by atoms with E-state index in [4.69, 9.17) is 5.11 Å². The number of thioether (sulfide) groups is 1. The quantitative estimate of drug-likeness (QED) is 0.496. The number of carboxylic acid groups (broad SMARTS) is 1. The summed E-state index contributed by atoms with van der Waals surface area (Å²) in [4.78, 5) is 19.6.